The Balaban J connectivity index is 1.17. The molecule has 36 heavy (non-hydrogen) atoms. The standard InChI is InChI=1S/C30H27N5O/c31-24(13-23-17-33-28-9-5-4-8-26(23)28)19-36-25-14-22(16-32-18-25)21-10-11-29-27(15-21)30(35-34-29)12-20-6-2-1-3-7-20/h1-11,14-18,24,33H,12-13,19,31H2,(H,34,35)/t24-/m0/s1. The second kappa shape index (κ2) is 9.68. The average Bonchev–Trinajstić information content (AvgIpc) is 3.52. The average molecular weight is 474 g/mol. The third-order valence-electron chi connectivity index (χ3n) is 6.52. The van der Waals surface area contributed by atoms with Crippen molar-refractivity contribution in [3.63, 3.8) is 0 Å². The van der Waals surface area contributed by atoms with E-state index in [1.165, 1.54) is 16.5 Å². The van der Waals surface area contributed by atoms with Crippen LogP contribution in [0.25, 0.3) is 32.9 Å². The molecule has 3 aromatic carbocycles. The van der Waals surface area contributed by atoms with E-state index in [2.05, 4.69) is 74.8 Å². The first-order chi connectivity index (χ1) is 17.7. The van der Waals surface area contributed by atoms with Crippen LogP contribution in [0.2, 0.25) is 0 Å². The number of hydrogen-bond acceptors (Lipinski definition) is 4. The first-order valence-corrected chi connectivity index (χ1v) is 12.1. The number of aromatic nitrogens is 4. The van der Waals surface area contributed by atoms with Crippen molar-refractivity contribution >= 4 is 21.8 Å². The number of aromatic amines is 2. The van der Waals surface area contributed by atoms with Crippen LogP contribution in [-0.2, 0) is 12.8 Å². The van der Waals surface area contributed by atoms with Crippen LogP contribution in [0.4, 0.5) is 0 Å². The van der Waals surface area contributed by atoms with Gasteiger partial charge in [0, 0.05) is 46.7 Å². The maximum atomic E-state index is 6.41. The fourth-order valence-corrected chi connectivity index (χ4v) is 4.67. The number of hydrogen-bond donors (Lipinski definition) is 3. The van der Waals surface area contributed by atoms with E-state index in [0.29, 0.717) is 12.4 Å². The molecule has 178 valence electrons. The summed E-state index contributed by atoms with van der Waals surface area (Å²) < 4.78 is 6.05. The smallest absolute Gasteiger partial charge is 0.138 e. The molecule has 6 nitrogen and oxygen atoms in total. The molecule has 3 aromatic heterocycles. The van der Waals surface area contributed by atoms with E-state index < -0.39 is 0 Å². The summed E-state index contributed by atoms with van der Waals surface area (Å²) in [5, 5.41) is 10.0. The van der Waals surface area contributed by atoms with Gasteiger partial charge in [-0.05, 0) is 47.4 Å². The highest BCUT2D eigenvalue weighted by Crippen LogP contribution is 2.28. The van der Waals surface area contributed by atoms with Crippen molar-refractivity contribution in [1.29, 1.82) is 0 Å². The molecular formula is C30H27N5O. The van der Waals surface area contributed by atoms with E-state index in [4.69, 9.17) is 10.5 Å². The number of benzene rings is 3. The van der Waals surface area contributed by atoms with Crippen LogP contribution in [0, 0.1) is 0 Å². The van der Waals surface area contributed by atoms with Gasteiger partial charge < -0.3 is 15.5 Å². The molecule has 1 atom stereocenters. The van der Waals surface area contributed by atoms with Gasteiger partial charge in [-0.25, -0.2) is 0 Å². The quantitative estimate of drug-likeness (QED) is 0.266. The van der Waals surface area contributed by atoms with Gasteiger partial charge in [0.2, 0.25) is 0 Å². The summed E-state index contributed by atoms with van der Waals surface area (Å²) in [6.07, 6.45) is 7.14. The molecule has 6 aromatic rings. The van der Waals surface area contributed by atoms with Gasteiger partial charge in [0.15, 0.2) is 0 Å². The summed E-state index contributed by atoms with van der Waals surface area (Å²) in [6, 6.07) is 26.8. The molecule has 4 N–H and O–H groups in total. The van der Waals surface area contributed by atoms with Crippen LogP contribution in [0.15, 0.2) is 97.5 Å². The number of nitrogens with two attached hydrogens (primary N) is 1. The third kappa shape index (κ3) is 4.59. The second-order valence-electron chi connectivity index (χ2n) is 9.14. The summed E-state index contributed by atoms with van der Waals surface area (Å²) >= 11 is 0. The van der Waals surface area contributed by atoms with Crippen molar-refractivity contribution in [3.05, 3.63) is 114 Å². The Hall–Kier alpha value is -4.42. The lowest BCUT2D eigenvalue weighted by Crippen LogP contribution is -2.30. The molecule has 0 aliphatic carbocycles. The zero-order valence-electron chi connectivity index (χ0n) is 19.8. The lowest BCUT2D eigenvalue weighted by atomic mass is 10.0. The van der Waals surface area contributed by atoms with Crippen molar-refractivity contribution in [2.24, 2.45) is 5.73 Å². The summed E-state index contributed by atoms with van der Waals surface area (Å²) in [5.74, 6) is 0.707. The number of nitrogens with one attached hydrogen (secondary N) is 2. The van der Waals surface area contributed by atoms with Gasteiger partial charge >= 0.3 is 0 Å². The van der Waals surface area contributed by atoms with Crippen LogP contribution in [-0.4, -0.2) is 32.8 Å². The monoisotopic (exact) mass is 473 g/mol. The van der Waals surface area contributed by atoms with Crippen LogP contribution in [0.5, 0.6) is 5.75 Å². The molecule has 0 fully saturated rings. The second-order valence-corrected chi connectivity index (χ2v) is 9.14. The Labute approximate surface area is 209 Å². The summed E-state index contributed by atoms with van der Waals surface area (Å²) in [5.41, 5.74) is 14.1. The van der Waals surface area contributed by atoms with E-state index >= 15 is 0 Å². The molecule has 0 radical (unpaired) electrons. The molecule has 0 saturated carbocycles. The Bertz CT molecular complexity index is 1620. The molecule has 3 heterocycles. The Morgan fingerprint density at radius 3 is 2.61 bits per heavy atom. The predicted molar refractivity (Wildman–Crippen MR) is 144 cm³/mol. The van der Waals surface area contributed by atoms with Gasteiger partial charge in [0.25, 0.3) is 0 Å². The van der Waals surface area contributed by atoms with Crippen LogP contribution in [0.3, 0.4) is 0 Å². The number of ether oxygens (including phenoxy) is 1. The fraction of sp³-hybridized carbons (Fsp3) is 0.133. The molecule has 0 saturated heterocycles. The van der Waals surface area contributed by atoms with E-state index in [-0.39, 0.29) is 6.04 Å². The van der Waals surface area contributed by atoms with Crippen LogP contribution in [0.1, 0.15) is 16.8 Å². The first kappa shape index (κ1) is 22.1. The van der Waals surface area contributed by atoms with Crippen molar-refractivity contribution in [2.45, 2.75) is 18.9 Å². The highest BCUT2D eigenvalue weighted by Gasteiger charge is 2.12. The number of rotatable bonds is 8. The SMILES string of the molecule is N[C@H](COc1cncc(-c2ccc3[nH]nc(Cc4ccccc4)c3c2)c1)Cc1c[nH]c2ccccc12. The summed E-state index contributed by atoms with van der Waals surface area (Å²) in [6.45, 7) is 0.409. The van der Waals surface area contributed by atoms with Gasteiger partial charge in [0.05, 0.1) is 17.4 Å². The van der Waals surface area contributed by atoms with Crippen molar-refractivity contribution in [1.82, 2.24) is 20.2 Å². The number of pyridine rings is 1. The van der Waals surface area contributed by atoms with E-state index in [1.54, 1.807) is 6.20 Å². The van der Waals surface area contributed by atoms with E-state index in [0.717, 1.165) is 46.1 Å². The minimum Gasteiger partial charge on any atom is -0.490 e. The van der Waals surface area contributed by atoms with E-state index in [1.807, 2.05) is 36.7 Å². The van der Waals surface area contributed by atoms with Gasteiger partial charge in [0.1, 0.15) is 12.4 Å². The molecule has 0 bridgehead atoms. The van der Waals surface area contributed by atoms with Crippen molar-refractivity contribution < 1.29 is 4.74 Å². The van der Waals surface area contributed by atoms with E-state index in [9.17, 15) is 0 Å². The Kier molecular flexibility index (Phi) is 5.93. The minimum absolute atomic E-state index is 0.129. The fourth-order valence-electron chi connectivity index (χ4n) is 4.67. The largest absolute Gasteiger partial charge is 0.490 e. The molecule has 0 aliphatic heterocycles. The van der Waals surface area contributed by atoms with Gasteiger partial charge in [-0.15, -0.1) is 0 Å². The van der Waals surface area contributed by atoms with Crippen LogP contribution >= 0.6 is 0 Å². The van der Waals surface area contributed by atoms with Gasteiger partial charge in [-0.3, -0.25) is 10.1 Å². The number of nitrogens with zero attached hydrogens (tertiary/aromatic N) is 2. The highest BCUT2D eigenvalue weighted by atomic mass is 16.5. The lowest BCUT2D eigenvalue weighted by molar-refractivity contribution is 0.287. The highest BCUT2D eigenvalue weighted by molar-refractivity contribution is 5.87. The molecule has 0 aliphatic rings. The molecule has 0 unspecified atom stereocenters. The van der Waals surface area contributed by atoms with Crippen LogP contribution < -0.4 is 10.5 Å². The topological polar surface area (TPSA) is 92.6 Å². The van der Waals surface area contributed by atoms with Crippen molar-refractivity contribution in [2.75, 3.05) is 6.61 Å². The van der Waals surface area contributed by atoms with Crippen molar-refractivity contribution in [3.8, 4) is 16.9 Å². The molecule has 6 rings (SSSR count). The molecular weight excluding hydrogens is 446 g/mol. The number of para-hydroxylation sites is 1. The molecule has 0 amide bonds. The molecule has 6 heteroatoms. The van der Waals surface area contributed by atoms with Gasteiger partial charge in [-0.2, -0.15) is 5.10 Å². The Morgan fingerprint density at radius 1 is 0.833 bits per heavy atom. The Morgan fingerprint density at radius 2 is 1.69 bits per heavy atom. The van der Waals surface area contributed by atoms with Gasteiger partial charge in [-0.1, -0.05) is 54.6 Å². The number of H-pyrrole nitrogens is 2. The summed E-state index contributed by atoms with van der Waals surface area (Å²) in [7, 11) is 0. The maximum Gasteiger partial charge on any atom is 0.138 e. The first-order valence-electron chi connectivity index (χ1n) is 12.1. The minimum atomic E-state index is -0.129. The summed E-state index contributed by atoms with van der Waals surface area (Å²) in [4.78, 5) is 7.73. The zero-order chi connectivity index (χ0) is 24.3. The third-order valence-corrected chi connectivity index (χ3v) is 6.52. The predicted octanol–water partition coefficient (Wildman–Crippen LogP) is 5.65. The molecule has 0 spiro atoms. The zero-order valence-corrected chi connectivity index (χ0v) is 19.8. The maximum absolute atomic E-state index is 6.41. The lowest BCUT2D eigenvalue weighted by Gasteiger charge is -2.13. The normalized spacial score (nSPS) is 12.2. The number of fused-ring (bicyclic) bond motifs is 2.